The lowest BCUT2D eigenvalue weighted by Gasteiger charge is -2.13. The van der Waals surface area contributed by atoms with Crippen molar-refractivity contribution in [3.63, 3.8) is 0 Å². The first-order valence-electron chi connectivity index (χ1n) is 6.10. The van der Waals surface area contributed by atoms with Crippen molar-refractivity contribution in [1.29, 1.82) is 0 Å². The van der Waals surface area contributed by atoms with Crippen molar-refractivity contribution in [2.75, 3.05) is 33.7 Å². The lowest BCUT2D eigenvalue weighted by molar-refractivity contribution is 0.412. The molecule has 21 heavy (non-hydrogen) atoms. The van der Waals surface area contributed by atoms with Gasteiger partial charge in [-0.3, -0.25) is 0 Å². The number of likely N-dealkylation sites (N-methyl/N-ethyl adjacent to an activating group) is 1. The molecule has 0 saturated heterocycles. The van der Waals surface area contributed by atoms with Crippen LogP contribution in [-0.4, -0.2) is 47.0 Å². The Labute approximate surface area is 135 Å². The van der Waals surface area contributed by atoms with Gasteiger partial charge in [0.1, 0.15) is 4.90 Å². The van der Waals surface area contributed by atoms with Gasteiger partial charge in [-0.2, -0.15) is 0 Å². The van der Waals surface area contributed by atoms with E-state index in [1.807, 2.05) is 19.0 Å². The fourth-order valence-corrected chi connectivity index (χ4v) is 3.75. The standard InChI is InChI=1S/C13H17Cl2N3O2S/c1-18(2)7-6-17-21(19,20)13-11(14)8-10(4-3-5-16)9-12(13)15/h8-9,17H,5-7,16H2,1-2H3. The molecule has 3 N–H and O–H groups in total. The Morgan fingerprint density at radius 2 is 1.86 bits per heavy atom. The zero-order valence-corrected chi connectivity index (χ0v) is 14.1. The van der Waals surface area contributed by atoms with Gasteiger partial charge in [0.2, 0.25) is 10.0 Å². The van der Waals surface area contributed by atoms with E-state index in [2.05, 4.69) is 16.6 Å². The first-order valence-corrected chi connectivity index (χ1v) is 8.34. The number of benzene rings is 1. The maximum absolute atomic E-state index is 12.2. The molecule has 0 fully saturated rings. The van der Waals surface area contributed by atoms with Crippen LogP contribution in [0.15, 0.2) is 17.0 Å². The summed E-state index contributed by atoms with van der Waals surface area (Å²) in [4.78, 5) is 1.72. The Morgan fingerprint density at radius 1 is 1.29 bits per heavy atom. The summed E-state index contributed by atoms with van der Waals surface area (Å²) in [6.07, 6.45) is 0. The number of nitrogens with one attached hydrogen (secondary N) is 1. The van der Waals surface area contributed by atoms with Gasteiger partial charge in [-0.25, -0.2) is 13.1 Å². The summed E-state index contributed by atoms with van der Waals surface area (Å²) < 4.78 is 26.9. The molecule has 1 aromatic rings. The number of nitrogens with zero attached hydrogens (tertiary/aromatic N) is 1. The average molecular weight is 350 g/mol. The van der Waals surface area contributed by atoms with Crippen molar-refractivity contribution >= 4 is 33.2 Å². The molecule has 0 atom stereocenters. The Hall–Kier alpha value is -0.810. The topological polar surface area (TPSA) is 75.4 Å². The summed E-state index contributed by atoms with van der Waals surface area (Å²) >= 11 is 12.1. The maximum Gasteiger partial charge on any atom is 0.243 e. The molecular formula is C13H17Cl2N3O2S. The first kappa shape index (κ1) is 18.2. The Balaban J connectivity index is 3.07. The number of halogens is 2. The maximum atomic E-state index is 12.2. The molecule has 0 aliphatic rings. The zero-order chi connectivity index (χ0) is 16.0. The minimum absolute atomic E-state index is 0.0289. The smallest absolute Gasteiger partial charge is 0.243 e. The molecule has 0 bridgehead atoms. The minimum Gasteiger partial charge on any atom is -0.320 e. The highest BCUT2D eigenvalue weighted by molar-refractivity contribution is 7.89. The molecule has 0 amide bonds. The van der Waals surface area contributed by atoms with Crippen molar-refractivity contribution in [2.45, 2.75) is 4.90 Å². The Kier molecular flexibility index (Phi) is 6.94. The van der Waals surface area contributed by atoms with Crippen LogP contribution in [0.3, 0.4) is 0 Å². The number of nitrogens with two attached hydrogens (primary N) is 1. The first-order chi connectivity index (χ1) is 9.77. The number of hydrogen-bond donors (Lipinski definition) is 2. The molecule has 5 nitrogen and oxygen atoms in total. The van der Waals surface area contributed by atoms with Gasteiger partial charge in [0.05, 0.1) is 16.6 Å². The van der Waals surface area contributed by atoms with Gasteiger partial charge in [-0.05, 0) is 26.2 Å². The lowest BCUT2D eigenvalue weighted by atomic mass is 10.2. The van der Waals surface area contributed by atoms with Crippen molar-refractivity contribution in [3.8, 4) is 11.8 Å². The van der Waals surface area contributed by atoms with Crippen molar-refractivity contribution in [1.82, 2.24) is 9.62 Å². The van der Waals surface area contributed by atoms with Crippen LogP contribution < -0.4 is 10.5 Å². The average Bonchev–Trinajstić information content (AvgIpc) is 2.34. The van der Waals surface area contributed by atoms with Crippen molar-refractivity contribution in [2.24, 2.45) is 5.73 Å². The third kappa shape index (κ3) is 5.47. The van der Waals surface area contributed by atoms with Crippen LogP contribution in [0.5, 0.6) is 0 Å². The summed E-state index contributed by atoms with van der Waals surface area (Å²) in [5.41, 5.74) is 5.80. The monoisotopic (exact) mass is 349 g/mol. The highest BCUT2D eigenvalue weighted by Gasteiger charge is 2.22. The van der Waals surface area contributed by atoms with Gasteiger partial charge in [0.25, 0.3) is 0 Å². The van der Waals surface area contributed by atoms with E-state index >= 15 is 0 Å². The van der Waals surface area contributed by atoms with Crippen LogP contribution in [0.1, 0.15) is 5.56 Å². The fourth-order valence-electron chi connectivity index (χ4n) is 1.52. The molecule has 0 aromatic heterocycles. The largest absolute Gasteiger partial charge is 0.320 e. The van der Waals surface area contributed by atoms with E-state index in [9.17, 15) is 8.42 Å². The van der Waals surface area contributed by atoms with E-state index in [4.69, 9.17) is 28.9 Å². The van der Waals surface area contributed by atoms with Gasteiger partial charge in [-0.15, -0.1) is 0 Å². The van der Waals surface area contributed by atoms with E-state index < -0.39 is 10.0 Å². The molecule has 1 rings (SSSR count). The van der Waals surface area contributed by atoms with Gasteiger partial charge in [-0.1, -0.05) is 35.0 Å². The molecule has 0 saturated carbocycles. The summed E-state index contributed by atoms with van der Waals surface area (Å²) in [7, 11) is -0.0752. The quantitative estimate of drug-likeness (QED) is 0.781. The minimum atomic E-state index is -3.77. The van der Waals surface area contributed by atoms with E-state index in [0.29, 0.717) is 12.1 Å². The van der Waals surface area contributed by atoms with E-state index in [1.54, 1.807) is 0 Å². The number of hydrogen-bond acceptors (Lipinski definition) is 4. The van der Waals surface area contributed by atoms with Crippen LogP contribution >= 0.6 is 23.2 Å². The summed E-state index contributed by atoms with van der Waals surface area (Å²) in [5.74, 6) is 5.41. The van der Waals surface area contributed by atoms with Crippen LogP contribution in [0.25, 0.3) is 0 Å². The summed E-state index contributed by atoms with van der Waals surface area (Å²) in [6, 6.07) is 2.91. The molecule has 1 aromatic carbocycles. The van der Waals surface area contributed by atoms with Gasteiger partial charge >= 0.3 is 0 Å². The SMILES string of the molecule is CN(C)CCNS(=O)(=O)c1c(Cl)cc(C#CCN)cc1Cl. The number of sulfonamides is 1. The highest BCUT2D eigenvalue weighted by Crippen LogP contribution is 2.30. The second-order valence-corrected chi connectivity index (χ2v) is 6.99. The second-order valence-electron chi connectivity index (χ2n) is 4.48. The molecule has 0 heterocycles. The summed E-state index contributed by atoms with van der Waals surface area (Å²) in [5, 5.41) is 0.0577. The predicted octanol–water partition coefficient (Wildman–Crippen LogP) is 1.14. The van der Waals surface area contributed by atoms with Crippen LogP contribution in [-0.2, 0) is 10.0 Å². The van der Waals surface area contributed by atoms with Gasteiger partial charge < -0.3 is 10.6 Å². The van der Waals surface area contributed by atoms with Crippen molar-refractivity contribution in [3.05, 3.63) is 27.7 Å². The molecular weight excluding hydrogens is 333 g/mol. The highest BCUT2D eigenvalue weighted by atomic mass is 35.5. The van der Waals surface area contributed by atoms with Crippen molar-refractivity contribution < 1.29 is 8.42 Å². The molecule has 8 heteroatoms. The van der Waals surface area contributed by atoms with Crippen LogP contribution in [0, 0.1) is 11.8 Å². The van der Waals surface area contributed by atoms with Crippen LogP contribution in [0.2, 0.25) is 10.0 Å². The third-order valence-electron chi connectivity index (χ3n) is 2.45. The fraction of sp³-hybridized carbons (Fsp3) is 0.385. The Bertz CT molecular complexity index is 641. The molecule has 0 aliphatic heterocycles. The second kappa shape index (κ2) is 7.99. The van der Waals surface area contributed by atoms with E-state index in [-0.39, 0.29) is 28.0 Å². The third-order valence-corrected chi connectivity index (χ3v) is 4.83. The van der Waals surface area contributed by atoms with E-state index in [0.717, 1.165) is 0 Å². The molecule has 116 valence electrons. The summed E-state index contributed by atoms with van der Waals surface area (Å²) in [6.45, 7) is 1.02. The zero-order valence-electron chi connectivity index (χ0n) is 11.8. The Morgan fingerprint density at radius 3 is 2.33 bits per heavy atom. The van der Waals surface area contributed by atoms with Gasteiger partial charge in [0.15, 0.2) is 0 Å². The lowest BCUT2D eigenvalue weighted by Crippen LogP contribution is -2.31. The molecule has 0 radical (unpaired) electrons. The molecule has 0 unspecified atom stereocenters. The van der Waals surface area contributed by atoms with Gasteiger partial charge in [0, 0.05) is 18.7 Å². The van der Waals surface area contributed by atoms with E-state index in [1.165, 1.54) is 12.1 Å². The molecule has 0 aliphatic carbocycles. The number of rotatable bonds is 5. The predicted molar refractivity (Wildman–Crippen MR) is 86.1 cm³/mol. The normalized spacial score (nSPS) is 11.3. The van der Waals surface area contributed by atoms with Crippen LogP contribution in [0.4, 0.5) is 0 Å². The molecule has 0 spiro atoms.